The van der Waals surface area contributed by atoms with Gasteiger partial charge >= 0.3 is 0 Å². The van der Waals surface area contributed by atoms with Gasteiger partial charge < -0.3 is 29.9 Å². The Balaban J connectivity index is 2.30. The summed E-state index contributed by atoms with van der Waals surface area (Å²) in [5.41, 5.74) is 2.85. The molecular weight excluding hydrogens is 312 g/mol. The largest absolute Gasteiger partial charge is 0.394 e. The molecule has 1 aromatic rings. The number of benzene rings is 1. The Morgan fingerprint density at radius 3 is 2.54 bits per heavy atom. The van der Waals surface area contributed by atoms with E-state index in [1.807, 2.05) is 32.0 Å². The van der Waals surface area contributed by atoms with Gasteiger partial charge in [0.05, 0.1) is 12.7 Å². The zero-order valence-electron chi connectivity index (χ0n) is 14.0. The standard InChI is InChI=1S/C18H26O6/c1-4-5-14-16(22)17(15(21)13(20)9-19)24-18(23-14)12-7-6-10(2)8-11(12)3/h4,6-8,13-22H,1,5,9H2,2-3H3/t13-,14?,15-,16+,17+,18?/m1/s1. The Bertz CT molecular complexity index is 560. The van der Waals surface area contributed by atoms with Crippen molar-refractivity contribution >= 4 is 0 Å². The monoisotopic (exact) mass is 338 g/mol. The molecule has 1 saturated heterocycles. The summed E-state index contributed by atoms with van der Waals surface area (Å²) in [5.74, 6) is 0. The van der Waals surface area contributed by atoms with Crippen molar-refractivity contribution in [2.45, 2.75) is 57.1 Å². The van der Waals surface area contributed by atoms with Crippen molar-refractivity contribution in [2.24, 2.45) is 0 Å². The van der Waals surface area contributed by atoms with Gasteiger partial charge in [0, 0.05) is 5.56 Å². The fraction of sp³-hybridized carbons (Fsp3) is 0.556. The van der Waals surface area contributed by atoms with Crippen molar-refractivity contribution in [3.05, 3.63) is 47.5 Å². The Morgan fingerprint density at radius 1 is 1.25 bits per heavy atom. The summed E-state index contributed by atoms with van der Waals surface area (Å²) in [6, 6.07) is 5.80. The Morgan fingerprint density at radius 2 is 1.96 bits per heavy atom. The van der Waals surface area contributed by atoms with Gasteiger partial charge in [-0.25, -0.2) is 0 Å². The van der Waals surface area contributed by atoms with Gasteiger partial charge in [-0.2, -0.15) is 0 Å². The van der Waals surface area contributed by atoms with E-state index in [2.05, 4.69) is 6.58 Å². The second kappa shape index (κ2) is 8.20. The van der Waals surface area contributed by atoms with E-state index in [1.54, 1.807) is 6.08 Å². The molecule has 0 aliphatic carbocycles. The van der Waals surface area contributed by atoms with Crippen LogP contribution in [0.2, 0.25) is 0 Å². The maximum absolute atomic E-state index is 10.4. The Labute approximate surface area is 142 Å². The number of rotatable bonds is 6. The number of aliphatic hydroxyl groups is 4. The van der Waals surface area contributed by atoms with Crippen LogP contribution in [0.15, 0.2) is 30.9 Å². The molecule has 0 spiro atoms. The van der Waals surface area contributed by atoms with Crippen LogP contribution in [-0.4, -0.2) is 57.6 Å². The van der Waals surface area contributed by atoms with Crippen LogP contribution < -0.4 is 0 Å². The predicted molar refractivity (Wildman–Crippen MR) is 88.3 cm³/mol. The minimum Gasteiger partial charge on any atom is -0.394 e. The molecular formula is C18H26O6. The number of hydrogen-bond donors (Lipinski definition) is 4. The second-order valence-corrected chi connectivity index (χ2v) is 6.22. The van der Waals surface area contributed by atoms with Crippen molar-refractivity contribution < 1.29 is 29.9 Å². The molecule has 1 heterocycles. The molecule has 0 saturated carbocycles. The lowest BCUT2D eigenvalue weighted by molar-refractivity contribution is -0.310. The maximum atomic E-state index is 10.4. The van der Waals surface area contributed by atoms with Crippen molar-refractivity contribution in [2.75, 3.05) is 6.61 Å². The van der Waals surface area contributed by atoms with Gasteiger partial charge in [-0.3, -0.25) is 0 Å². The number of ether oxygens (including phenoxy) is 2. The van der Waals surface area contributed by atoms with Crippen LogP contribution in [0.3, 0.4) is 0 Å². The topological polar surface area (TPSA) is 99.4 Å². The van der Waals surface area contributed by atoms with Crippen LogP contribution >= 0.6 is 0 Å². The fourth-order valence-electron chi connectivity index (χ4n) is 2.91. The third-order valence-electron chi connectivity index (χ3n) is 4.29. The normalized spacial score (nSPS) is 29.9. The highest BCUT2D eigenvalue weighted by atomic mass is 16.7. The van der Waals surface area contributed by atoms with Crippen molar-refractivity contribution in [3.63, 3.8) is 0 Å². The second-order valence-electron chi connectivity index (χ2n) is 6.22. The van der Waals surface area contributed by atoms with Crippen molar-refractivity contribution in [1.82, 2.24) is 0 Å². The first-order valence-corrected chi connectivity index (χ1v) is 8.03. The molecule has 1 aliphatic heterocycles. The lowest BCUT2D eigenvalue weighted by atomic mass is 9.95. The van der Waals surface area contributed by atoms with Gasteiger partial charge in [0.15, 0.2) is 6.29 Å². The van der Waals surface area contributed by atoms with Gasteiger partial charge in [0.25, 0.3) is 0 Å². The molecule has 1 aromatic carbocycles. The minimum atomic E-state index is -1.44. The molecule has 134 valence electrons. The molecule has 0 radical (unpaired) electrons. The molecule has 1 fully saturated rings. The SMILES string of the molecule is C=CCC1OC(c2ccc(C)cc2C)O[C@@H]([C@H](O)[C@H](O)CO)[C@H]1O. The summed E-state index contributed by atoms with van der Waals surface area (Å²) < 4.78 is 11.6. The van der Waals surface area contributed by atoms with Gasteiger partial charge in [0.2, 0.25) is 0 Å². The summed E-state index contributed by atoms with van der Waals surface area (Å²) in [6.07, 6.45) is -4.52. The first kappa shape index (κ1) is 19.1. The molecule has 2 unspecified atom stereocenters. The molecule has 0 aromatic heterocycles. The first-order valence-electron chi connectivity index (χ1n) is 8.03. The lowest BCUT2D eigenvalue weighted by Gasteiger charge is -2.42. The molecule has 24 heavy (non-hydrogen) atoms. The van der Waals surface area contributed by atoms with E-state index >= 15 is 0 Å². The molecule has 2 rings (SSSR count). The Hall–Kier alpha value is -1.28. The quantitative estimate of drug-likeness (QED) is 0.571. The van der Waals surface area contributed by atoms with E-state index in [1.165, 1.54) is 0 Å². The highest BCUT2D eigenvalue weighted by Crippen LogP contribution is 2.35. The van der Waals surface area contributed by atoms with E-state index in [9.17, 15) is 15.3 Å². The first-order chi connectivity index (χ1) is 11.4. The molecule has 4 N–H and O–H groups in total. The third-order valence-corrected chi connectivity index (χ3v) is 4.29. The zero-order chi connectivity index (χ0) is 17.9. The van der Waals surface area contributed by atoms with Crippen LogP contribution in [0.4, 0.5) is 0 Å². The van der Waals surface area contributed by atoms with Crippen LogP contribution in [0.1, 0.15) is 29.4 Å². The average Bonchev–Trinajstić information content (AvgIpc) is 2.55. The maximum Gasteiger partial charge on any atom is 0.185 e. The smallest absolute Gasteiger partial charge is 0.185 e. The average molecular weight is 338 g/mol. The summed E-state index contributed by atoms with van der Waals surface area (Å²) in [4.78, 5) is 0. The lowest BCUT2D eigenvalue weighted by Crippen LogP contribution is -2.55. The summed E-state index contributed by atoms with van der Waals surface area (Å²) >= 11 is 0. The zero-order valence-corrected chi connectivity index (χ0v) is 14.0. The van der Waals surface area contributed by atoms with E-state index < -0.39 is 43.4 Å². The van der Waals surface area contributed by atoms with Crippen LogP contribution in [0.5, 0.6) is 0 Å². The fourth-order valence-corrected chi connectivity index (χ4v) is 2.91. The van der Waals surface area contributed by atoms with E-state index in [-0.39, 0.29) is 0 Å². The molecule has 0 amide bonds. The van der Waals surface area contributed by atoms with E-state index in [0.717, 1.165) is 16.7 Å². The van der Waals surface area contributed by atoms with Gasteiger partial charge in [-0.05, 0) is 25.8 Å². The third kappa shape index (κ3) is 4.03. The van der Waals surface area contributed by atoms with Gasteiger partial charge in [-0.1, -0.05) is 29.8 Å². The molecule has 6 nitrogen and oxygen atoms in total. The van der Waals surface area contributed by atoms with Crippen LogP contribution in [0.25, 0.3) is 0 Å². The number of aryl methyl sites for hydroxylation is 2. The van der Waals surface area contributed by atoms with Gasteiger partial charge in [-0.15, -0.1) is 6.58 Å². The molecule has 0 bridgehead atoms. The van der Waals surface area contributed by atoms with E-state index in [4.69, 9.17) is 14.6 Å². The van der Waals surface area contributed by atoms with E-state index in [0.29, 0.717) is 6.42 Å². The number of aliphatic hydroxyl groups excluding tert-OH is 4. The summed E-state index contributed by atoms with van der Waals surface area (Å²) in [7, 11) is 0. The van der Waals surface area contributed by atoms with Crippen molar-refractivity contribution in [1.29, 1.82) is 0 Å². The highest BCUT2D eigenvalue weighted by Gasteiger charge is 2.44. The molecule has 6 atom stereocenters. The predicted octanol–water partition coefficient (Wildman–Crippen LogP) is 0.737. The summed E-state index contributed by atoms with van der Waals surface area (Å²) in [6.45, 7) is 6.93. The van der Waals surface area contributed by atoms with Crippen LogP contribution in [0, 0.1) is 13.8 Å². The molecule has 1 aliphatic rings. The highest BCUT2D eigenvalue weighted by molar-refractivity contribution is 5.31. The Kier molecular flexibility index (Phi) is 6.51. The van der Waals surface area contributed by atoms with Gasteiger partial charge in [0.1, 0.15) is 24.4 Å². The summed E-state index contributed by atoms with van der Waals surface area (Å²) in [5, 5.41) is 39.4. The minimum absolute atomic E-state index is 0.365. The van der Waals surface area contributed by atoms with Crippen LogP contribution in [-0.2, 0) is 9.47 Å². The number of hydrogen-bond acceptors (Lipinski definition) is 6. The molecule has 6 heteroatoms. The van der Waals surface area contributed by atoms with Crippen molar-refractivity contribution in [3.8, 4) is 0 Å².